The average molecular weight is 426 g/mol. The van der Waals surface area contributed by atoms with E-state index < -0.39 is 0 Å². The number of anilines is 1. The molecular formula is C25H35N3O3. The molecule has 0 saturated heterocycles. The molecule has 5 rings (SSSR count). The molecule has 6 nitrogen and oxygen atoms in total. The third-order valence-corrected chi connectivity index (χ3v) is 9.78. The van der Waals surface area contributed by atoms with Gasteiger partial charge >= 0.3 is 0 Å². The van der Waals surface area contributed by atoms with Gasteiger partial charge in [-0.2, -0.15) is 5.10 Å². The van der Waals surface area contributed by atoms with Gasteiger partial charge in [0, 0.05) is 23.3 Å². The molecule has 31 heavy (non-hydrogen) atoms. The van der Waals surface area contributed by atoms with Crippen molar-refractivity contribution in [2.45, 2.75) is 77.7 Å². The van der Waals surface area contributed by atoms with E-state index in [1.807, 2.05) is 0 Å². The number of non-ortho nitro benzene ring substituents is 1. The second-order valence-electron chi connectivity index (χ2n) is 11.1. The van der Waals surface area contributed by atoms with Crippen LogP contribution in [0.3, 0.4) is 0 Å². The molecule has 4 aliphatic rings. The molecule has 0 radical (unpaired) electrons. The zero-order valence-corrected chi connectivity index (χ0v) is 18.7. The van der Waals surface area contributed by atoms with Crippen LogP contribution in [0.5, 0.6) is 0 Å². The molecule has 0 unspecified atom stereocenters. The molecule has 168 valence electrons. The first-order valence-electron chi connectivity index (χ1n) is 12.1. The van der Waals surface area contributed by atoms with Crippen LogP contribution in [0.2, 0.25) is 0 Å². The SMILES string of the molecule is C[C@]12CC[C@H](O)C[C@H]1CC[C@@H]1[C@@H]2CC[C@]2(C)/C(=N\Nc3ccc([N+](=O)[O-])cc3)CC[C@@H]12. The number of aliphatic hydroxyl groups excluding tert-OH is 1. The lowest BCUT2D eigenvalue weighted by atomic mass is 9.45. The molecule has 0 aromatic heterocycles. The first kappa shape index (κ1) is 20.9. The molecule has 0 amide bonds. The molecule has 0 aliphatic heterocycles. The standard InChI is InChI=1S/C25H35N3O3/c1-24-13-11-19(29)15-16(24)3-8-20-21-9-10-23(25(21,2)14-12-22(20)24)27-26-17-4-6-18(7-5-17)28(30)31/h4-7,16,19-22,26,29H,3,8-15H2,1-2H3/b27-23-/t16-,19+,20+,21+,22+,24+,25+/m1/s1. The van der Waals surface area contributed by atoms with Gasteiger partial charge in [0.25, 0.3) is 5.69 Å². The Morgan fingerprint density at radius 3 is 2.58 bits per heavy atom. The highest BCUT2D eigenvalue weighted by Gasteiger charge is 2.59. The Labute approximate surface area is 184 Å². The van der Waals surface area contributed by atoms with E-state index in [4.69, 9.17) is 5.10 Å². The summed E-state index contributed by atoms with van der Waals surface area (Å²) in [6, 6.07) is 6.50. The molecule has 4 aliphatic carbocycles. The van der Waals surface area contributed by atoms with Gasteiger partial charge in [-0.3, -0.25) is 15.5 Å². The molecule has 0 spiro atoms. The largest absolute Gasteiger partial charge is 0.393 e. The Balaban J connectivity index is 1.33. The monoisotopic (exact) mass is 425 g/mol. The first-order valence-corrected chi connectivity index (χ1v) is 12.1. The number of rotatable bonds is 3. The third-order valence-electron chi connectivity index (χ3n) is 9.78. The summed E-state index contributed by atoms with van der Waals surface area (Å²) in [7, 11) is 0. The quantitative estimate of drug-likeness (QED) is 0.475. The van der Waals surface area contributed by atoms with Crippen LogP contribution in [0.4, 0.5) is 11.4 Å². The Hall–Kier alpha value is -1.95. The van der Waals surface area contributed by atoms with Gasteiger partial charge in [0.05, 0.1) is 16.7 Å². The van der Waals surface area contributed by atoms with Crippen molar-refractivity contribution in [1.29, 1.82) is 0 Å². The number of nitrogens with one attached hydrogen (secondary N) is 1. The van der Waals surface area contributed by atoms with Gasteiger partial charge in [0.15, 0.2) is 0 Å². The number of nitro groups is 1. The maximum Gasteiger partial charge on any atom is 0.269 e. The second-order valence-corrected chi connectivity index (χ2v) is 11.1. The lowest BCUT2D eigenvalue weighted by molar-refractivity contribution is -0.384. The molecule has 7 atom stereocenters. The minimum Gasteiger partial charge on any atom is -0.393 e. The van der Waals surface area contributed by atoms with E-state index >= 15 is 0 Å². The van der Waals surface area contributed by atoms with Crippen molar-refractivity contribution in [1.82, 2.24) is 0 Å². The van der Waals surface area contributed by atoms with E-state index in [-0.39, 0.29) is 22.1 Å². The number of hydrogen-bond donors (Lipinski definition) is 2. The number of aliphatic hydroxyl groups is 1. The smallest absolute Gasteiger partial charge is 0.269 e. The Kier molecular flexibility index (Phi) is 5.11. The summed E-state index contributed by atoms with van der Waals surface area (Å²) in [5.41, 5.74) is 5.92. The highest BCUT2D eigenvalue weighted by atomic mass is 16.6. The molecule has 4 saturated carbocycles. The summed E-state index contributed by atoms with van der Waals surface area (Å²) < 4.78 is 0. The average Bonchev–Trinajstić information content (AvgIpc) is 3.09. The van der Waals surface area contributed by atoms with Crippen molar-refractivity contribution in [2.24, 2.45) is 39.6 Å². The van der Waals surface area contributed by atoms with E-state index in [1.165, 1.54) is 56.4 Å². The van der Waals surface area contributed by atoms with Crippen LogP contribution in [0.25, 0.3) is 0 Å². The number of fused-ring (bicyclic) bond motifs is 5. The van der Waals surface area contributed by atoms with Gasteiger partial charge in [-0.15, -0.1) is 0 Å². The van der Waals surface area contributed by atoms with Crippen molar-refractivity contribution >= 4 is 17.1 Å². The van der Waals surface area contributed by atoms with Crippen molar-refractivity contribution in [3.63, 3.8) is 0 Å². The van der Waals surface area contributed by atoms with Crippen molar-refractivity contribution in [3.8, 4) is 0 Å². The highest BCUT2D eigenvalue weighted by molar-refractivity contribution is 5.93. The van der Waals surface area contributed by atoms with Crippen LogP contribution in [-0.4, -0.2) is 21.8 Å². The Bertz CT molecular complexity index is 885. The number of hydrogen-bond acceptors (Lipinski definition) is 5. The predicted molar refractivity (Wildman–Crippen MR) is 122 cm³/mol. The van der Waals surface area contributed by atoms with E-state index in [0.29, 0.717) is 17.3 Å². The molecule has 6 heteroatoms. The van der Waals surface area contributed by atoms with Gasteiger partial charge in [-0.25, -0.2) is 0 Å². The minimum atomic E-state index is -0.376. The van der Waals surface area contributed by atoms with Gasteiger partial charge < -0.3 is 5.11 Å². The van der Waals surface area contributed by atoms with E-state index in [9.17, 15) is 15.2 Å². The minimum absolute atomic E-state index is 0.0841. The first-order chi connectivity index (χ1) is 14.8. The van der Waals surface area contributed by atoms with Crippen LogP contribution in [0.1, 0.15) is 71.6 Å². The van der Waals surface area contributed by atoms with E-state index in [2.05, 4.69) is 19.3 Å². The summed E-state index contributed by atoms with van der Waals surface area (Å²) in [6.45, 7) is 4.96. The zero-order chi connectivity index (χ0) is 21.8. The molecule has 4 fully saturated rings. The van der Waals surface area contributed by atoms with E-state index in [0.717, 1.165) is 36.8 Å². The van der Waals surface area contributed by atoms with Gasteiger partial charge in [-0.1, -0.05) is 13.8 Å². The highest BCUT2D eigenvalue weighted by Crippen LogP contribution is 2.65. The maximum atomic E-state index is 10.9. The van der Waals surface area contributed by atoms with Crippen LogP contribution in [0.15, 0.2) is 29.4 Å². The molecule has 1 aromatic carbocycles. The lowest BCUT2D eigenvalue weighted by Gasteiger charge is -2.60. The summed E-state index contributed by atoms with van der Waals surface area (Å²) in [6.07, 6.45) is 10.4. The molecular weight excluding hydrogens is 390 g/mol. The summed E-state index contributed by atoms with van der Waals surface area (Å²) >= 11 is 0. The molecule has 0 heterocycles. The maximum absolute atomic E-state index is 10.9. The zero-order valence-electron chi connectivity index (χ0n) is 18.7. The fourth-order valence-electron chi connectivity index (χ4n) is 8.00. The van der Waals surface area contributed by atoms with Crippen LogP contribution in [-0.2, 0) is 0 Å². The van der Waals surface area contributed by atoms with Gasteiger partial charge in [0.2, 0.25) is 0 Å². The summed E-state index contributed by atoms with van der Waals surface area (Å²) in [5.74, 6) is 2.97. The second kappa shape index (κ2) is 7.58. The topological polar surface area (TPSA) is 87.8 Å². The number of benzene rings is 1. The Morgan fingerprint density at radius 1 is 1.06 bits per heavy atom. The van der Waals surface area contributed by atoms with Crippen molar-refractivity contribution < 1.29 is 10.0 Å². The summed E-state index contributed by atoms with van der Waals surface area (Å²) in [4.78, 5) is 10.5. The normalized spacial score (nSPS) is 43.1. The fourth-order valence-corrected chi connectivity index (χ4v) is 8.00. The van der Waals surface area contributed by atoms with Crippen LogP contribution in [0, 0.1) is 44.6 Å². The third kappa shape index (κ3) is 3.38. The summed E-state index contributed by atoms with van der Waals surface area (Å²) in [5, 5.41) is 25.9. The number of hydrazone groups is 1. The predicted octanol–water partition coefficient (Wildman–Crippen LogP) is 5.77. The van der Waals surface area contributed by atoms with Crippen LogP contribution >= 0.6 is 0 Å². The molecule has 1 aromatic rings. The fraction of sp³-hybridized carbons (Fsp3) is 0.720. The molecule has 0 bridgehead atoms. The van der Waals surface area contributed by atoms with Gasteiger partial charge in [0.1, 0.15) is 0 Å². The van der Waals surface area contributed by atoms with Crippen molar-refractivity contribution in [3.05, 3.63) is 34.4 Å². The number of nitrogens with zero attached hydrogens (tertiary/aromatic N) is 2. The van der Waals surface area contributed by atoms with Gasteiger partial charge in [-0.05, 0) is 99.0 Å². The number of nitro benzene ring substituents is 1. The van der Waals surface area contributed by atoms with Crippen LogP contribution < -0.4 is 5.43 Å². The molecule has 2 N–H and O–H groups in total. The van der Waals surface area contributed by atoms with E-state index in [1.54, 1.807) is 12.1 Å². The van der Waals surface area contributed by atoms with Crippen molar-refractivity contribution in [2.75, 3.05) is 5.43 Å². The Morgan fingerprint density at radius 2 is 1.84 bits per heavy atom. The lowest BCUT2D eigenvalue weighted by Crippen LogP contribution is -2.54.